The van der Waals surface area contributed by atoms with Crippen LogP contribution in [-0.4, -0.2) is 89.8 Å². The van der Waals surface area contributed by atoms with Crippen LogP contribution in [0.2, 0.25) is 0 Å². The quantitative estimate of drug-likeness (QED) is 0.248. The fourth-order valence-corrected chi connectivity index (χ4v) is 4.32. The number of rotatable bonds is 7. The van der Waals surface area contributed by atoms with E-state index in [0.717, 1.165) is 12.1 Å². The van der Waals surface area contributed by atoms with E-state index in [0.29, 0.717) is 5.56 Å². The molecule has 4 rings (SSSR count). The van der Waals surface area contributed by atoms with E-state index in [1.54, 1.807) is 0 Å². The molecular formula is C25H26O13. The number of methoxy groups -OCH3 is 3. The number of carbonyl (C=O) groups is 2. The summed E-state index contributed by atoms with van der Waals surface area (Å²) in [6.45, 7) is -0.508. The lowest BCUT2D eigenvalue weighted by atomic mass is 9.86. The van der Waals surface area contributed by atoms with Crippen LogP contribution in [0.3, 0.4) is 0 Å². The van der Waals surface area contributed by atoms with Gasteiger partial charge in [-0.2, -0.15) is 0 Å². The second kappa shape index (κ2) is 10.7. The normalized spacial score (nSPS) is 24.2. The Kier molecular flexibility index (Phi) is 7.53. The highest BCUT2D eigenvalue weighted by Gasteiger charge is 2.52. The fourth-order valence-electron chi connectivity index (χ4n) is 4.32. The Morgan fingerprint density at radius 1 is 0.974 bits per heavy atom. The van der Waals surface area contributed by atoms with Gasteiger partial charge in [0.1, 0.15) is 31.0 Å². The second-order valence-corrected chi connectivity index (χ2v) is 8.42. The Morgan fingerprint density at radius 3 is 2.24 bits per heavy atom. The molecule has 204 valence electrons. The van der Waals surface area contributed by atoms with Crippen molar-refractivity contribution in [1.29, 1.82) is 0 Å². The van der Waals surface area contributed by atoms with Gasteiger partial charge in [0.15, 0.2) is 29.1 Å². The van der Waals surface area contributed by atoms with Crippen molar-refractivity contribution in [3.8, 4) is 34.5 Å². The molecule has 2 aromatic rings. The zero-order chi connectivity index (χ0) is 27.7. The van der Waals surface area contributed by atoms with Crippen LogP contribution >= 0.6 is 0 Å². The van der Waals surface area contributed by atoms with E-state index in [9.17, 15) is 35.1 Å². The molecule has 0 saturated carbocycles. The Morgan fingerprint density at radius 2 is 1.63 bits per heavy atom. The molecule has 0 radical (unpaired) electrons. The standard InChI is InChI=1S/C25H26O13/c1-33-13-6-10(7-14(34-2)18(13)28)4-5-16(27)36-9-15-19(29)21(31)24-23(37-15)17-11(25(32)38-24)8-12(26)22(35-3)20(17)30/h4-8,15,19,21,23-24,26,28-31H,9H2,1-3H3/b5-4+/t15-,19-,21+,23+,24-/m1/s1. The Hall–Kier alpha value is -4.20. The number of benzene rings is 2. The molecule has 5 atom stereocenters. The molecule has 2 aliphatic heterocycles. The number of aromatic hydroxyl groups is 3. The number of hydrogen-bond acceptors (Lipinski definition) is 13. The monoisotopic (exact) mass is 534 g/mol. The molecule has 1 fully saturated rings. The van der Waals surface area contributed by atoms with Gasteiger partial charge in [0.2, 0.25) is 11.5 Å². The maximum atomic E-state index is 12.4. The summed E-state index contributed by atoms with van der Waals surface area (Å²) in [5.74, 6) is -3.17. The summed E-state index contributed by atoms with van der Waals surface area (Å²) in [7, 11) is 3.91. The summed E-state index contributed by atoms with van der Waals surface area (Å²) < 4.78 is 31.3. The zero-order valence-electron chi connectivity index (χ0n) is 20.5. The van der Waals surface area contributed by atoms with E-state index in [-0.39, 0.29) is 34.1 Å². The van der Waals surface area contributed by atoms with Gasteiger partial charge < -0.3 is 54.0 Å². The number of aliphatic hydroxyl groups excluding tert-OH is 2. The number of phenols is 3. The van der Waals surface area contributed by atoms with Crippen molar-refractivity contribution in [2.45, 2.75) is 30.5 Å². The third-order valence-electron chi connectivity index (χ3n) is 6.22. The summed E-state index contributed by atoms with van der Waals surface area (Å²) in [5.41, 5.74) is 0.122. The molecule has 0 spiro atoms. The van der Waals surface area contributed by atoms with Crippen LogP contribution in [0.25, 0.3) is 6.08 Å². The highest BCUT2D eigenvalue weighted by atomic mass is 16.6. The van der Waals surface area contributed by atoms with E-state index in [1.165, 1.54) is 39.5 Å². The minimum atomic E-state index is -1.65. The van der Waals surface area contributed by atoms with Crippen molar-refractivity contribution in [2.24, 2.45) is 0 Å². The predicted molar refractivity (Wildman–Crippen MR) is 126 cm³/mol. The Balaban J connectivity index is 1.51. The van der Waals surface area contributed by atoms with Gasteiger partial charge in [-0.15, -0.1) is 0 Å². The molecular weight excluding hydrogens is 508 g/mol. The topological polar surface area (TPSA) is 191 Å². The first-order valence-corrected chi connectivity index (χ1v) is 11.3. The number of phenolic OH excluding ortho intramolecular Hbond substituents is 3. The van der Waals surface area contributed by atoms with Gasteiger partial charge in [0, 0.05) is 11.6 Å². The van der Waals surface area contributed by atoms with Crippen LogP contribution in [0.4, 0.5) is 0 Å². The van der Waals surface area contributed by atoms with Crippen molar-refractivity contribution < 1.29 is 63.5 Å². The molecule has 13 heteroatoms. The number of aliphatic hydroxyl groups is 2. The van der Waals surface area contributed by atoms with Crippen molar-refractivity contribution in [2.75, 3.05) is 27.9 Å². The maximum Gasteiger partial charge on any atom is 0.339 e. The molecule has 1 saturated heterocycles. The largest absolute Gasteiger partial charge is 0.504 e. The van der Waals surface area contributed by atoms with E-state index >= 15 is 0 Å². The number of fused-ring (bicyclic) bond motifs is 3. The second-order valence-electron chi connectivity index (χ2n) is 8.42. The third kappa shape index (κ3) is 4.74. The molecule has 2 aliphatic rings. The summed E-state index contributed by atoms with van der Waals surface area (Å²) in [6, 6.07) is 3.96. The molecule has 13 nitrogen and oxygen atoms in total. The summed E-state index contributed by atoms with van der Waals surface area (Å²) in [5, 5.41) is 51.9. The first-order chi connectivity index (χ1) is 18.1. The van der Waals surface area contributed by atoms with Crippen LogP contribution in [-0.2, 0) is 19.0 Å². The van der Waals surface area contributed by atoms with E-state index in [1.807, 2.05) is 0 Å². The summed E-state index contributed by atoms with van der Waals surface area (Å²) >= 11 is 0. The third-order valence-corrected chi connectivity index (χ3v) is 6.22. The van der Waals surface area contributed by atoms with Gasteiger partial charge in [0.25, 0.3) is 0 Å². The predicted octanol–water partition coefficient (Wildman–Crippen LogP) is 0.786. The molecule has 0 aromatic heterocycles. The maximum absolute atomic E-state index is 12.4. The molecule has 5 N–H and O–H groups in total. The van der Waals surface area contributed by atoms with E-state index < -0.39 is 60.6 Å². The van der Waals surface area contributed by atoms with Crippen LogP contribution in [0.15, 0.2) is 24.3 Å². The number of carbonyl (C=O) groups excluding carboxylic acids is 2. The molecule has 2 heterocycles. The van der Waals surface area contributed by atoms with Crippen molar-refractivity contribution >= 4 is 18.0 Å². The average molecular weight is 534 g/mol. The minimum Gasteiger partial charge on any atom is -0.504 e. The highest BCUT2D eigenvalue weighted by Crippen LogP contribution is 2.50. The molecule has 0 aliphatic carbocycles. The smallest absolute Gasteiger partial charge is 0.339 e. The van der Waals surface area contributed by atoms with Gasteiger partial charge in [-0.1, -0.05) is 0 Å². The molecule has 0 unspecified atom stereocenters. The summed E-state index contributed by atoms with van der Waals surface area (Å²) in [4.78, 5) is 24.8. The van der Waals surface area contributed by atoms with Crippen molar-refractivity contribution in [3.05, 3.63) is 41.0 Å². The van der Waals surface area contributed by atoms with E-state index in [4.69, 9.17) is 28.4 Å². The minimum absolute atomic E-state index is 0.113. The van der Waals surface area contributed by atoms with Crippen LogP contribution in [0.1, 0.15) is 27.6 Å². The Bertz CT molecular complexity index is 1250. The number of ether oxygens (including phenoxy) is 6. The number of hydrogen-bond donors (Lipinski definition) is 5. The van der Waals surface area contributed by atoms with Gasteiger partial charge in [0.05, 0.1) is 26.9 Å². The molecule has 0 amide bonds. The van der Waals surface area contributed by atoms with Gasteiger partial charge in [-0.05, 0) is 29.8 Å². The number of esters is 2. The fraction of sp³-hybridized carbons (Fsp3) is 0.360. The zero-order valence-corrected chi connectivity index (χ0v) is 20.5. The molecule has 0 bridgehead atoms. The van der Waals surface area contributed by atoms with E-state index in [2.05, 4.69) is 0 Å². The average Bonchev–Trinajstić information content (AvgIpc) is 2.90. The van der Waals surface area contributed by atoms with Crippen molar-refractivity contribution in [1.82, 2.24) is 0 Å². The van der Waals surface area contributed by atoms with Crippen LogP contribution < -0.4 is 14.2 Å². The lowest BCUT2D eigenvalue weighted by molar-refractivity contribution is -0.237. The van der Waals surface area contributed by atoms with Gasteiger partial charge in [-0.3, -0.25) is 0 Å². The summed E-state index contributed by atoms with van der Waals surface area (Å²) in [6.07, 6.45) is -4.75. The van der Waals surface area contributed by atoms with Crippen LogP contribution in [0, 0.1) is 0 Å². The van der Waals surface area contributed by atoms with Crippen molar-refractivity contribution in [3.63, 3.8) is 0 Å². The van der Waals surface area contributed by atoms with Gasteiger partial charge in [-0.25, -0.2) is 9.59 Å². The first-order valence-electron chi connectivity index (χ1n) is 11.3. The lowest BCUT2D eigenvalue weighted by Crippen LogP contribution is -2.58. The Labute approximate surface area is 216 Å². The first kappa shape index (κ1) is 26.9. The molecule has 2 aromatic carbocycles. The molecule has 38 heavy (non-hydrogen) atoms. The lowest BCUT2D eigenvalue weighted by Gasteiger charge is -2.44. The van der Waals surface area contributed by atoms with Gasteiger partial charge >= 0.3 is 11.9 Å². The van der Waals surface area contributed by atoms with Crippen LogP contribution in [0.5, 0.6) is 34.5 Å². The highest BCUT2D eigenvalue weighted by molar-refractivity contribution is 5.95. The SMILES string of the molecule is COc1cc(/C=C/C(=O)OC[C@H]2O[C@H]3c4c(cc(O)c(OC)c4O)C(=O)O[C@@H]3[C@@H](O)[C@@H]2O)cc(OC)c1O.